The molecule has 0 unspecified atom stereocenters. The Labute approximate surface area is 205 Å². The van der Waals surface area contributed by atoms with Crippen LogP contribution in [-0.2, 0) is 17.9 Å². The summed E-state index contributed by atoms with van der Waals surface area (Å²) < 4.78 is 0. The summed E-state index contributed by atoms with van der Waals surface area (Å²) in [6.45, 7) is 7.45. The van der Waals surface area contributed by atoms with Crippen LogP contribution in [0.25, 0.3) is 0 Å². The van der Waals surface area contributed by atoms with Gasteiger partial charge in [-0.1, -0.05) is 50.2 Å². The molecular formula is C27H30N4O2S. The lowest BCUT2D eigenvalue weighted by Gasteiger charge is -2.29. The Morgan fingerprint density at radius 3 is 2.44 bits per heavy atom. The van der Waals surface area contributed by atoms with Crippen LogP contribution in [0.3, 0.4) is 0 Å². The van der Waals surface area contributed by atoms with Gasteiger partial charge in [0.2, 0.25) is 5.91 Å². The van der Waals surface area contributed by atoms with Crippen molar-refractivity contribution in [2.24, 2.45) is 5.92 Å². The Bertz CT molecular complexity index is 1150. The maximum atomic E-state index is 13.5. The van der Waals surface area contributed by atoms with Gasteiger partial charge in [-0.3, -0.25) is 4.79 Å². The third kappa shape index (κ3) is 7.19. The highest BCUT2D eigenvalue weighted by molar-refractivity contribution is 7.10. The number of nitrogens with one attached hydrogen (secondary N) is 1. The van der Waals surface area contributed by atoms with E-state index in [0.717, 1.165) is 16.0 Å². The molecule has 3 aromatic rings. The molecular weight excluding hydrogens is 444 g/mol. The average Bonchev–Trinajstić information content (AvgIpc) is 3.23. The molecule has 1 aromatic heterocycles. The lowest BCUT2D eigenvalue weighted by atomic mass is 10.2. The Morgan fingerprint density at radius 2 is 1.79 bits per heavy atom. The van der Waals surface area contributed by atoms with E-state index in [-0.39, 0.29) is 24.4 Å². The molecule has 34 heavy (non-hydrogen) atoms. The monoisotopic (exact) mass is 474 g/mol. The number of nitrogens with zero attached hydrogens (tertiary/aromatic N) is 3. The summed E-state index contributed by atoms with van der Waals surface area (Å²) >= 11 is 1.63. The molecule has 0 bridgehead atoms. The number of rotatable bonds is 9. The normalized spacial score (nSPS) is 10.6. The van der Waals surface area contributed by atoms with Crippen molar-refractivity contribution in [3.63, 3.8) is 0 Å². The summed E-state index contributed by atoms with van der Waals surface area (Å²) in [6, 6.07) is 20.4. The SMILES string of the molecule is Cc1ccsc1CN(Cc1ccccc1)C(=O)CN(CC(C)C)C(=O)Nc1cccc(C#N)c1. The Kier molecular flexibility index (Phi) is 8.83. The minimum absolute atomic E-state index is 0.0286. The zero-order chi connectivity index (χ0) is 24.5. The van der Waals surface area contributed by atoms with E-state index in [4.69, 9.17) is 5.26 Å². The van der Waals surface area contributed by atoms with E-state index in [2.05, 4.69) is 17.5 Å². The molecule has 1 heterocycles. The highest BCUT2D eigenvalue weighted by atomic mass is 32.1. The van der Waals surface area contributed by atoms with Crippen LogP contribution in [0.15, 0.2) is 66.0 Å². The molecule has 0 aliphatic rings. The first-order valence-corrected chi connectivity index (χ1v) is 12.1. The number of nitriles is 1. The molecule has 0 aliphatic carbocycles. The van der Waals surface area contributed by atoms with Crippen LogP contribution >= 0.6 is 11.3 Å². The molecule has 3 rings (SSSR count). The van der Waals surface area contributed by atoms with Crippen molar-refractivity contribution in [3.8, 4) is 6.07 Å². The summed E-state index contributed by atoms with van der Waals surface area (Å²) in [7, 11) is 0. The van der Waals surface area contributed by atoms with Crippen molar-refractivity contribution in [2.75, 3.05) is 18.4 Å². The standard InChI is InChI=1S/C27H30N4O2S/c1-20(2)16-31(27(33)29-24-11-7-10-23(14-24)15-28)19-26(32)30(17-22-8-5-4-6-9-22)18-25-21(3)12-13-34-25/h4-14,20H,16-19H2,1-3H3,(H,29,33). The lowest BCUT2D eigenvalue weighted by molar-refractivity contribution is -0.133. The number of urea groups is 1. The summed E-state index contributed by atoms with van der Waals surface area (Å²) in [5.41, 5.74) is 3.19. The molecule has 7 heteroatoms. The minimum Gasteiger partial charge on any atom is -0.332 e. The van der Waals surface area contributed by atoms with Gasteiger partial charge in [0.1, 0.15) is 6.54 Å². The number of carbonyl (C=O) groups excluding carboxylic acids is 2. The minimum atomic E-state index is -0.357. The number of anilines is 1. The summed E-state index contributed by atoms with van der Waals surface area (Å²) in [5.74, 6) is 0.0735. The van der Waals surface area contributed by atoms with Crippen molar-refractivity contribution >= 4 is 29.0 Å². The van der Waals surface area contributed by atoms with E-state index in [1.807, 2.05) is 61.4 Å². The molecule has 0 atom stereocenters. The molecule has 0 spiro atoms. The number of hydrogen-bond donors (Lipinski definition) is 1. The number of benzene rings is 2. The number of carbonyl (C=O) groups is 2. The van der Waals surface area contributed by atoms with Gasteiger partial charge < -0.3 is 15.1 Å². The predicted octanol–water partition coefficient (Wildman–Crippen LogP) is 5.65. The highest BCUT2D eigenvalue weighted by Gasteiger charge is 2.23. The molecule has 0 saturated heterocycles. The summed E-state index contributed by atoms with van der Waals surface area (Å²) in [6.07, 6.45) is 0. The molecule has 2 aromatic carbocycles. The van der Waals surface area contributed by atoms with Crippen molar-refractivity contribution in [3.05, 3.63) is 87.6 Å². The van der Waals surface area contributed by atoms with E-state index >= 15 is 0 Å². The van der Waals surface area contributed by atoms with Gasteiger partial charge in [0, 0.05) is 23.7 Å². The predicted molar refractivity (Wildman–Crippen MR) is 136 cm³/mol. The van der Waals surface area contributed by atoms with Crippen molar-refractivity contribution < 1.29 is 9.59 Å². The van der Waals surface area contributed by atoms with Gasteiger partial charge in [0.15, 0.2) is 0 Å². The molecule has 3 amide bonds. The second-order valence-electron chi connectivity index (χ2n) is 8.66. The maximum absolute atomic E-state index is 13.5. The second kappa shape index (κ2) is 12.0. The van der Waals surface area contributed by atoms with Gasteiger partial charge in [-0.15, -0.1) is 11.3 Å². The average molecular weight is 475 g/mol. The van der Waals surface area contributed by atoms with Crippen LogP contribution in [0.2, 0.25) is 0 Å². The van der Waals surface area contributed by atoms with Crippen molar-refractivity contribution in [1.82, 2.24) is 9.80 Å². The Hall–Kier alpha value is -3.63. The molecule has 0 aliphatic heterocycles. The first-order chi connectivity index (χ1) is 16.4. The van der Waals surface area contributed by atoms with Crippen LogP contribution < -0.4 is 5.32 Å². The van der Waals surface area contributed by atoms with Crippen molar-refractivity contribution in [2.45, 2.75) is 33.9 Å². The zero-order valence-corrected chi connectivity index (χ0v) is 20.6. The third-order valence-electron chi connectivity index (χ3n) is 5.31. The van der Waals surface area contributed by atoms with Gasteiger partial charge in [-0.05, 0) is 53.6 Å². The highest BCUT2D eigenvalue weighted by Crippen LogP contribution is 2.20. The Balaban J connectivity index is 1.78. The fraction of sp³-hybridized carbons (Fsp3) is 0.296. The van der Waals surface area contributed by atoms with Crippen LogP contribution in [0.4, 0.5) is 10.5 Å². The fourth-order valence-corrected chi connectivity index (χ4v) is 4.49. The van der Waals surface area contributed by atoms with Gasteiger partial charge in [0.25, 0.3) is 0 Å². The van der Waals surface area contributed by atoms with Crippen LogP contribution in [-0.4, -0.2) is 34.8 Å². The quantitative estimate of drug-likeness (QED) is 0.436. The second-order valence-corrected chi connectivity index (χ2v) is 9.66. The molecule has 1 N–H and O–H groups in total. The van der Waals surface area contributed by atoms with Crippen LogP contribution in [0.5, 0.6) is 0 Å². The van der Waals surface area contributed by atoms with Crippen LogP contribution in [0, 0.1) is 24.2 Å². The summed E-state index contributed by atoms with van der Waals surface area (Å²) in [5, 5.41) is 14.0. The topological polar surface area (TPSA) is 76.4 Å². The molecule has 0 fully saturated rings. The zero-order valence-electron chi connectivity index (χ0n) is 19.8. The lowest BCUT2D eigenvalue weighted by Crippen LogP contribution is -2.45. The molecule has 6 nitrogen and oxygen atoms in total. The number of thiophene rings is 1. The first kappa shape index (κ1) is 25.0. The third-order valence-corrected chi connectivity index (χ3v) is 6.32. The van der Waals surface area contributed by atoms with E-state index in [0.29, 0.717) is 30.9 Å². The fourth-order valence-electron chi connectivity index (χ4n) is 3.57. The molecule has 176 valence electrons. The number of amides is 3. The van der Waals surface area contributed by atoms with Gasteiger partial charge in [-0.25, -0.2) is 4.79 Å². The largest absolute Gasteiger partial charge is 0.332 e. The number of aryl methyl sites for hydroxylation is 1. The Morgan fingerprint density at radius 1 is 1.03 bits per heavy atom. The van der Waals surface area contributed by atoms with Gasteiger partial charge in [0.05, 0.1) is 18.2 Å². The van der Waals surface area contributed by atoms with Crippen LogP contribution in [0.1, 0.15) is 35.4 Å². The van der Waals surface area contributed by atoms with E-state index < -0.39 is 0 Å². The molecule has 0 radical (unpaired) electrons. The first-order valence-electron chi connectivity index (χ1n) is 11.3. The smallest absolute Gasteiger partial charge is 0.322 e. The number of hydrogen-bond acceptors (Lipinski definition) is 4. The van der Waals surface area contributed by atoms with E-state index in [9.17, 15) is 9.59 Å². The van der Waals surface area contributed by atoms with Gasteiger partial charge >= 0.3 is 6.03 Å². The molecule has 0 saturated carbocycles. The van der Waals surface area contributed by atoms with Crippen molar-refractivity contribution in [1.29, 1.82) is 5.26 Å². The van der Waals surface area contributed by atoms with E-state index in [1.165, 1.54) is 0 Å². The summed E-state index contributed by atoms with van der Waals surface area (Å²) in [4.78, 5) is 31.1. The van der Waals surface area contributed by atoms with E-state index in [1.54, 1.807) is 40.5 Å². The van der Waals surface area contributed by atoms with Gasteiger partial charge in [-0.2, -0.15) is 5.26 Å². The maximum Gasteiger partial charge on any atom is 0.322 e.